The third-order valence-corrected chi connectivity index (χ3v) is 3.66. The highest BCUT2D eigenvalue weighted by Gasteiger charge is 2.45. The van der Waals surface area contributed by atoms with Crippen LogP contribution in [-0.4, -0.2) is 67.4 Å². The van der Waals surface area contributed by atoms with Gasteiger partial charge in [0.15, 0.2) is 29.4 Å². The molecule has 2 aromatic heterocycles. The predicted molar refractivity (Wildman–Crippen MR) is 82.4 cm³/mol. The van der Waals surface area contributed by atoms with E-state index in [-0.39, 0.29) is 23.6 Å². The first-order chi connectivity index (χ1) is 12.1. The van der Waals surface area contributed by atoms with Crippen LogP contribution < -0.4 is 5.32 Å². The van der Waals surface area contributed by atoms with E-state index in [1.54, 1.807) is 0 Å². The summed E-state index contributed by atoms with van der Waals surface area (Å²) in [5.41, 5.74) is 0.378. The molecule has 2 aromatic rings. The largest absolute Gasteiger partial charge is 0.445 e. The monoisotopic (exact) mass is 353 g/mol. The quantitative estimate of drug-likeness (QED) is 0.647. The van der Waals surface area contributed by atoms with Gasteiger partial charge in [0, 0.05) is 0 Å². The van der Waals surface area contributed by atoms with Crippen LogP contribution in [0.4, 0.5) is 15.0 Å². The van der Waals surface area contributed by atoms with E-state index in [2.05, 4.69) is 26.8 Å². The fourth-order valence-electron chi connectivity index (χ4n) is 2.48. The summed E-state index contributed by atoms with van der Waals surface area (Å²) in [6, 6.07) is 0. The molecule has 25 heavy (non-hydrogen) atoms. The van der Waals surface area contributed by atoms with Crippen LogP contribution in [0.15, 0.2) is 25.3 Å². The van der Waals surface area contributed by atoms with Gasteiger partial charge in [0.1, 0.15) is 25.1 Å². The minimum atomic E-state index is -1.78. The van der Waals surface area contributed by atoms with Crippen molar-refractivity contribution in [2.24, 2.45) is 0 Å². The van der Waals surface area contributed by atoms with Crippen molar-refractivity contribution in [1.29, 1.82) is 0 Å². The van der Waals surface area contributed by atoms with Gasteiger partial charge in [-0.1, -0.05) is 12.7 Å². The number of carbonyl (C=O) groups is 1. The molecule has 0 spiro atoms. The average molecular weight is 353 g/mol. The van der Waals surface area contributed by atoms with Crippen molar-refractivity contribution in [3.63, 3.8) is 0 Å². The molecule has 0 aliphatic carbocycles. The van der Waals surface area contributed by atoms with Crippen molar-refractivity contribution in [2.75, 3.05) is 18.5 Å². The molecular formula is C14H16FN5O5. The summed E-state index contributed by atoms with van der Waals surface area (Å²) < 4.78 is 25.7. The van der Waals surface area contributed by atoms with E-state index < -0.39 is 37.3 Å². The number of amides is 1. The SMILES string of the molecule is C=CCOC(=O)Nc1ncnc2c1ncn2[C@@H]1O[C@H](CO)C(O)C1F. The Balaban J connectivity index is 1.89. The van der Waals surface area contributed by atoms with Crippen molar-refractivity contribution in [1.82, 2.24) is 19.5 Å². The zero-order chi connectivity index (χ0) is 18.0. The number of aliphatic hydroxyl groups excluding tert-OH is 2. The summed E-state index contributed by atoms with van der Waals surface area (Å²) in [6.07, 6.45) is -2.45. The summed E-state index contributed by atoms with van der Waals surface area (Å²) in [5, 5.41) is 21.3. The van der Waals surface area contributed by atoms with Gasteiger partial charge in [0.25, 0.3) is 0 Å². The second-order valence-electron chi connectivity index (χ2n) is 5.24. The number of fused-ring (bicyclic) bond motifs is 1. The van der Waals surface area contributed by atoms with E-state index in [1.165, 1.54) is 17.0 Å². The van der Waals surface area contributed by atoms with Crippen LogP contribution in [-0.2, 0) is 9.47 Å². The fraction of sp³-hybridized carbons (Fsp3) is 0.429. The molecular weight excluding hydrogens is 337 g/mol. The van der Waals surface area contributed by atoms with Crippen molar-refractivity contribution in [2.45, 2.75) is 24.6 Å². The molecule has 0 radical (unpaired) electrons. The summed E-state index contributed by atoms with van der Waals surface area (Å²) >= 11 is 0. The molecule has 1 saturated heterocycles. The molecule has 10 nitrogen and oxygen atoms in total. The molecule has 11 heteroatoms. The van der Waals surface area contributed by atoms with E-state index in [9.17, 15) is 14.3 Å². The molecule has 2 unspecified atom stereocenters. The Morgan fingerprint density at radius 1 is 1.52 bits per heavy atom. The molecule has 134 valence electrons. The van der Waals surface area contributed by atoms with E-state index in [0.717, 1.165) is 6.33 Å². The number of aromatic nitrogens is 4. The van der Waals surface area contributed by atoms with Gasteiger partial charge in [-0.3, -0.25) is 9.88 Å². The number of hydrogen-bond donors (Lipinski definition) is 3. The maximum Gasteiger partial charge on any atom is 0.413 e. The number of halogens is 1. The van der Waals surface area contributed by atoms with Crippen LogP contribution in [0.1, 0.15) is 6.23 Å². The number of nitrogens with zero attached hydrogens (tertiary/aromatic N) is 4. The second-order valence-corrected chi connectivity index (χ2v) is 5.24. The van der Waals surface area contributed by atoms with Gasteiger partial charge in [0.05, 0.1) is 12.9 Å². The zero-order valence-electron chi connectivity index (χ0n) is 12.9. The van der Waals surface area contributed by atoms with E-state index in [4.69, 9.17) is 14.6 Å². The molecule has 1 aliphatic rings. The first kappa shape index (κ1) is 17.2. The number of aliphatic hydroxyl groups is 2. The highest BCUT2D eigenvalue weighted by molar-refractivity contribution is 5.93. The average Bonchev–Trinajstić information content (AvgIpc) is 3.16. The van der Waals surface area contributed by atoms with Crippen molar-refractivity contribution in [3.8, 4) is 0 Å². The number of imidazole rings is 1. The third kappa shape index (κ3) is 3.16. The number of hydrogen-bond acceptors (Lipinski definition) is 8. The maximum atomic E-state index is 14.3. The molecule has 3 rings (SSSR count). The number of ether oxygens (including phenoxy) is 2. The molecule has 3 heterocycles. The van der Waals surface area contributed by atoms with Crippen LogP contribution >= 0.6 is 0 Å². The minimum Gasteiger partial charge on any atom is -0.445 e. The smallest absolute Gasteiger partial charge is 0.413 e. The molecule has 1 aliphatic heterocycles. The number of carbonyl (C=O) groups excluding carboxylic acids is 1. The normalized spacial score (nSPS) is 25.9. The zero-order valence-corrected chi connectivity index (χ0v) is 12.9. The number of anilines is 1. The third-order valence-electron chi connectivity index (χ3n) is 3.66. The highest BCUT2D eigenvalue weighted by Crippen LogP contribution is 2.34. The van der Waals surface area contributed by atoms with Crippen LogP contribution in [0.25, 0.3) is 11.2 Å². The standard InChI is InChI=1S/C14H16FN5O5/c1-2-3-24-14(23)19-11-9-12(17-5-16-11)20(6-18-9)13-8(15)10(22)7(4-21)25-13/h2,5-8,10,13,21-22H,1,3-4H2,(H,16,17,19,23)/t7-,8?,10?,13-/m1/s1. The van der Waals surface area contributed by atoms with Gasteiger partial charge < -0.3 is 19.7 Å². The van der Waals surface area contributed by atoms with Crippen LogP contribution in [0, 0.1) is 0 Å². The second kappa shape index (κ2) is 7.09. The summed E-state index contributed by atoms with van der Waals surface area (Å²) in [4.78, 5) is 23.6. The number of alkyl halides is 1. The topological polar surface area (TPSA) is 132 Å². The minimum absolute atomic E-state index is 0.0222. The van der Waals surface area contributed by atoms with Crippen LogP contribution in [0.2, 0.25) is 0 Å². The Kier molecular flexibility index (Phi) is 4.88. The Labute approximate surface area is 140 Å². The van der Waals surface area contributed by atoms with Gasteiger partial charge >= 0.3 is 6.09 Å². The molecule has 0 aromatic carbocycles. The van der Waals surface area contributed by atoms with E-state index in [0.29, 0.717) is 0 Å². The lowest BCUT2D eigenvalue weighted by atomic mass is 10.1. The molecule has 0 bridgehead atoms. The lowest BCUT2D eigenvalue weighted by Crippen LogP contribution is -2.30. The van der Waals surface area contributed by atoms with E-state index >= 15 is 0 Å². The highest BCUT2D eigenvalue weighted by atomic mass is 19.1. The van der Waals surface area contributed by atoms with Gasteiger partial charge in [-0.25, -0.2) is 24.1 Å². The molecule has 0 saturated carbocycles. The van der Waals surface area contributed by atoms with Crippen LogP contribution in [0.5, 0.6) is 0 Å². The molecule has 4 atom stereocenters. The lowest BCUT2D eigenvalue weighted by molar-refractivity contribution is -0.0459. The number of rotatable bonds is 5. The Morgan fingerprint density at radius 2 is 2.32 bits per heavy atom. The van der Waals surface area contributed by atoms with Crippen molar-refractivity contribution in [3.05, 3.63) is 25.3 Å². The molecule has 1 fully saturated rings. The van der Waals surface area contributed by atoms with Crippen LogP contribution in [0.3, 0.4) is 0 Å². The predicted octanol–water partition coefficient (Wildman–Crippen LogP) is 0.149. The lowest BCUT2D eigenvalue weighted by Gasteiger charge is -2.15. The number of nitrogens with one attached hydrogen (secondary N) is 1. The van der Waals surface area contributed by atoms with Gasteiger partial charge in [-0.05, 0) is 0 Å². The Hall–Kier alpha value is -2.63. The maximum absolute atomic E-state index is 14.3. The first-order valence-corrected chi connectivity index (χ1v) is 7.37. The Bertz CT molecular complexity index is 784. The summed E-state index contributed by atoms with van der Waals surface area (Å²) in [6.45, 7) is 2.93. The summed E-state index contributed by atoms with van der Waals surface area (Å²) in [7, 11) is 0. The van der Waals surface area contributed by atoms with Crippen molar-refractivity contribution < 1.29 is 28.9 Å². The molecule has 1 amide bonds. The van der Waals surface area contributed by atoms with Gasteiger partial charge in [0.2, 0.25) is 0 Å². The first-order valence-electron chi connectivity index (χ1n) is 7.37. The summed E-state index contributed by atoms with van der Waals surface area (Å²) in [5.74, 6) is 0.0745. The molecule has 3 N–H and O–H groups in total. The van der Waals surface area contributed by atoms with Gasteiger partial charge in [-0.2, -0.15) is 0 Å². The van der Waals surface area contributed by atoms with Crippen molar-refractivity contribution >= 4 is 23.1 Å². The van der Waals surface area contributed by atoms with E-state index in [1.807, 2.05) is 0 Å². The van der Waals surface area contributed by atoms with Gasteiger partial charge in [-0.15, -0.1) is 0 Å². The fourth-order valence-corrected chi connectivity index (χ4v) is 2.48. The Morgan fingerprint density at radius 3 is 3.00 bits per heavy atom.